The normalized spacial score (nSPS) is 11.1. The van der Waals surface area contributed by atoms with E-state index >= 15 is 0 Å². The largest absolute Gasteiger partial charge is 0.493 e. The van der Waals surface area contributed by atoms with Crippen LogP contribution in [0.2, 0.25) is 0 Å². The summed E-state index contributed by atoms with van der Waals surface area (Å²) < 4.78 is 15.9. The number of aryl methyl sites for hydroxylation is 1. The molecule has 2 aromatic carbocycles. The first-order valence-corrected chi connectivity index (χ1v) is 7.32. The summed E-state index contributed by atoms with van der Waals surface area (Å²) in [4.78, 5) is 11.8. The Kier molecular flexibility index (Phi) is 5.47. The smallest absolute Gasteiger partial charge is 0.336 e. The molecule has 0 radical (unpaired) electrons. The molecule has 0 aliphatic rings. The molecule has 0 aliphatic carbocycles. The summed E-state index contributed by atoms with van der Waals surface area (Å²) in [5, 5.41) is 9.66. The second-order valence-corrected chi connectivity index (χ2v) is 5.16. The van der Waals surface area contributed by atoms with Crippen molar-refractivity contribution in [1.29, 1.82) is 0 Å². The van der Waals surface area contributed by atoms with Gasteiger partial charge in [0.05, 0.1) is 26.9 Å². The minimum Gasteiger partial charge on any atom is -0.493 e. The van der Waals surface area contributed by atoms with Gasteiger partial charge in [-0.3, -0.25) is 0 Å². The maximum absolute atomic E-state index is 11.8. The van der Waals surface area contributed by atoms with E-state index in [2.05, 4.69) is 0 Å². The fourth-order valence-corrected chi connectivity index (χ4v) is 2.40. The van der Waals surface area contributed by atoms with E-state index < -0.39 is 5.97 Å². The molecule has 0 fully saturated rings. The third kappa shape index (κ3) is 3.51. The van der Waals surface area contributed by atoms with Crippen LogP contribution >= 0.6 is 0 Å². The van der Waals surface area contributed by atoms with Gasteiger partial charge in [-0.15, -0.1) is 0 Å². The average molecular weight is 328 g/mol. The first-order chi connectivity index (χ1) is 11.5. The molecular weight excluding hydrogens is 308 g/mol. The van der Waals surface area contributed by atoms with Gasteiger partial charge in [-0.1, -0.05) is 29.8 Å². The average Bonchev–Trinajstić information content (AvgIpc) is 2.59. The zero-order valence-corrected chi connectivity index (χ0v) is 14.1. The number of hydrogen-bond acceptors (Lipinski definition) is 4. The number of carboxylic acids is 1. The maximum atomic E-state index is 11.8. The molecule has 0 heterocycles. The highest BCUT2D eigenvalue weighted by Crippen LogP contribution is 2.42. The molecule has 5 heteroatoms. The summed E-state index contributed by atoms with van der Waals surface area (Å²) in [7, 11) is 4.46. The van der Waals surface area contributed by atoms with Crippen LogP contribution in [0.3, 0.4) is 0 Å². The molecule has 24 heavy (non-hydrogen) atoms. The van der Waals surface area contributed by atoms with E-state index in [4.69, 9.17) is 14.2 Å². The van der Waals surface area contributed by atoms with Gasteiger partial charge in [0.15, 0.2) is 11.5 Å². The Morgan fingerprint density at radius 1 is 0.917 bits per heavy atom. The number of hydrogen-bond donors (Lipinski definition) is 1. The summed E-state index contributed by atoms with van der Waals surface area (Å²) in [6.07, 6.45) is 1.60. The second kappa shape index (κ2) is 7.55. The van der Waals surface area contributed by atoms with Crippen molar-refractivity contribution in [2.75, 3.05) is 21.3 Å². The monoisotopic (exact) mass is 328 g/mol. The van der Waals surface area contributed by atoms with Gasteiger partial charge in [0.25, 0.3) is 0 Å². The van der Waals surface area contributed by atoms with Gasteiger partial charge in [-0.05, 0) is 30.7 Å². The molecule has 126 valence electrons. The molecule has 0 aliphatic heterocycles. The lowest BCUT2D eigenvalue weighted by atomic mass is 10.0. The SMILES string of the molecule is COc1ccc(/C(=C/c2ccc(C)cc2)C(=O)O)c(OC)c1OC. The van der Waals surface area contributed by atoms with Crippen LogP contribution in [0.25, 0.3) is 11.6 Å². The number of carboxylic acid groups (broad SMARTS) is 1. The molecule has 2 aromatic rings. The number of carbonyl (C=O) groups is 1. The molecule has 0 bridgehead atoms. The first kappa shape index (κ1) is 17.4. The maximum Gasteiger partial charge on any atom is 0.336 e. The Bertz CT molecular complexity index is 760. The summed E-state index contributed by atoms with van der Waals surface area (Å²) in [6.45, 7) is 1.98. The third-order valence-corrected chi connectivity index (χ3v) is 3.61. The fraction of sp³-hybridized carbons (Fsp3) is 0.211. The number of benzene rings is 2. The van der Waals surface area contributed by atoms with Gasteiger partial charge in [0, 0.05) is 5.56 Å². The van der Waals surface area contributed by atoms with Crippen molar-refractivity contribution in [3.8, 4) is 17.2 Å². The summed E-state index contributed by atoms with van der Waals surface area (Å²) in [5.74, 6) is 0.0884. The zero-order chi connectivity index (χ0) is 17.7. The summed E-state index contributed by atoms with van der Waals surface area (Å²) in [5.41, 5.74) is 2.42. The molecular formula is C19H20O5. The van der Waals surface area contributed by atoms with Gasteiger partial charge in [-0.2, -0.15) is 0 Å². The van der Waals surface area contributed by atoms with Gasteiger partial charge >= 0.3 is 5.97 Å². The predicted octanol–water partition coefficient (Wildman–Crippen LogP) is 3.65. The summed E-state index contributed by atoms with van der Waals surface area (Å²) >= 11 is 0. The Labute approximate surface area is 141 Å². The van der Waals surface area contributed by atoms with Gasteiger partial charge < -0.3 is 19.3 Å². The number of rotatable bonds is 6. The minimum atomic E-state index is -1.05. The van der Waals surface area contributed by atoms with Crippen LogP contribution in [0.1, 0.15) is 16.7 Å². The molecule has 0 saturated heterocycles. The fourth-order valence-electron chi connectivity index (χ4n) is 2.40. The molecule has 0 amide bonds. The van der Waals surface area contributed by atoms with Gasteiger partial charge in [-0.25, -0.2) is 4.79 Å². The lowest BCUT2D eigenvalue weighted by Gasteiger charge is -2.16. The Morgan fingerprint density at radius 3 is 2.04 bits per heavy atom. The molecule has 0 saturated carbocycles. The highest BCUT2D eigenvalue weighted by Gasteiger charge is 2.22. The number of aliphatic carboxylic acids is 1. The Morgan fingerprint density at radius 2 is 1.54 bits per heavy atom. The van der Waals surface area contributed by atoms with E-state index in [1.807, 2.05) is 31.2 Å². The molecule has 2 rings (SSSR count). The molecule has 0 aromatic heterocycles. The van der Waals surface area contributed by atoms with Crippen LogP contribution in [-0.4, -0.2) is 32.4 Å². The highest BCUT2D eigenvalue weighted by atomic mass is 16.5. The number of ether oxygens (including phenoxy) is 3. The summed E-state index contributed by atoms with van der Waals surface area (Å²) in [6, 6.07) is 10.9. The third-order valence-electron chi connectivity index (χ3n) is 3.61. The van der Waals surface area contributed by atoms with Crippen LogP contribution in [0.15, 0.2) is 36.4 Å². The quantitative estimate of drug-likeness (QED) is 0.648. The van der Waals surface area contributed by atoms with E-state index in [0.29, 0.717) is 22.8 Å². The molecule has 5 nitrogen and oxygen atoms in total. The first-order valence-electron chi connectivity index (χ1n) is 7.32. The predicted molar refractivity (Wildman–Crippen MR) is 92.8 cm³/mol. The van der Waals surface area contributed by atoms with Crippen LogP contribution in [0.5, 0.6) is 17.2 Å². The van der Waals surface area contributed by atoms with Crippen molar-refractivity contribution in [2.24, 2.45) is 0 Å². The van der Waals surface area contributed by atoms with Crippen molar-refractivity contribution in [1.82, 2.24) is 0 Å². The van der Waals surface area contributed by atoms with Crippen molar-refractivity contribution in [2.45, 2.75) is 6.92 Å². The van der Waals surface area contributed by atoms with E-state index in [1.165, 1.54) is 21.3 Å². The van der Waals surface area contributed by atoms with Crippen molar-refractivity contribution < 1.29 is 24.1 Å². The second-order valence-electron chi connectivity index (χ2n) is 5.16. The van der Waals surface area contributed by atoms with Crippen LogP contribution in [0, 0.1) is 6.92 Å². The van der Waals surface area contributed by atoms with Gasteiger partial charge in [0.1, 0.15) is 0 Å². The Hall–Kier alpha value is -2.95. The molecule has 1 N–H and O–H groups in total. The van der Waals surface area contributed by atoms with Crippen molar-refractivity contribution in [3.63, 3.8) is 0 Å². The molecule has 0 atom stereocenters. The molecule has 0 unspecified atom stereocenters. The lowest BCUT2D eigenvalue weighted by molar-refractivity contribution is -0.130. The van der Waals surface area contributed by atoms with Crippen molar-refractivity contribution in [3.05, 3.63) is 53.1 Å². The van der Waals surface area contributed by atoms with E-state index in [0.717, 1.165) is 11.1 Å². The van der Waals surface area contributed by atoms with Gasteiger partial charge in [0.2, 0.25) is 5.75 Å². The van der Waals surface area contributed by atoms with Crippen LogP contribution < -0.4 is 14.2 Å². The minimum absolute atomic E-state index is 0.108. The molecule has 0 spiro atoms. The number of methoxy groups -OCH3 is 3. The van der Waals surface area contributed by atoms with E-state index in [1.54, 1.807) is 18.2 Å². The lowest BCUT2D eigenvalue weighted by Crippen LogP contribution is -2.04. The van der Waals surface area contributed by atoms with E-state index in [9.17, 15) is 9.90 Å². The van der Waals surface area contributed by atoms with Crippen LogP contribution in [-0.2, 0) is 4.79 Å². The zero-order valence-electron chi connectivity index (χ0n) is 14.1. The van der Waals surface area contributed by atoms with Crippen molar-refractivity contribution >= 4 is 17.6 Å². The topological polar surface area (TPSA) is 65.0 Å². The highest BCUT2D eigenvalue weighted by molar-refractivity contribution is 6.21. The van der Waals surface area contributed by atoms with Crippen LogP contribution in [0.4, 0.5) is 0 Å². The Balaban J connectivity index is 2.64. The standard InChI is InChI=1S/C19H20O5/c1-12-5-7-13(8-6-12)11-15(19(20)21)14-9-10-16(22-2)18(24-4)17(14)23-3/h5-11H,1-4H3,(H,20,21)/b15-11-. The van der Waals surface area contributed by atoms with E-state index in [-0.39, 0.29) is 5.57 Å².